The minimum Gasteiger partial charge on any atom is -0.508 e. The van der Waals surface area contributed by atoms with Crippen LogP contribution in [0.3, 0.4) is 0 Å². The number of carbonyl (C=O) groups is 1. The molecular weight excluding hydrogens is 428 g/mol. The zero-order valence-electron chi connectivity index (χ0n) is 20.3. The second kappa shape index (κ2) is 9.23. The van der Waals surface area contributed by atoms with Crippen molar-refractivity contribution >= 4 is 12.0 Å². The molecule has 5 rings (SSSR count). The van der Waals surface area contributed by atoms with Crippen LogP contribution in [0.2, 0.25) is 0 Å². The molecule has 2 heterocycles. The fourth-order valence-corrected chi connectivity index (χ4v) is 6.32. The van der Waals surface area contributed by atoms with E-state index in [1.165, 1.54) is 12.8 Å². The average molecular weight is 465 g/mol. The van der Waals surface area contributed by atoms with Crippen LogP contribution in [0.5, 0.6) is 5.75 Å². The summed E-state index contributed by atoms with van der Waals surface area (Å²) in [5.41, 5.74) is 1.43. The van der Waals surface area contributed by atoms with Crippen molar-refractivity contribution in [3.8, 4) is 5.75 Å². The van der Waals surface area contributed by atoms with Crippen LogP contribution in [-0.4, -0.2) is 54.3 Å². The van der Waals surface area contributed by atoms with Gasteiger partial charge in [0.1, 0.15) is 11.5 Å². The highest BCUT2D eigenvalue weighted by molar-refractivity contribution is 5.92. The third kappa shape index (κ3) is 4.41. The van der Waals surface area contributed by atoms with Gasteiger partial charge in [0, 0.05) is 43.3 Å². The number of methoxy groups -OCH3 is 1. The number of ether oxygens (including phenoxy) is 1. The Morgan fingerprint density at radius 3 is 2.85 bits per heavy atom. The zero-order valence-corrected chi connectivity index (χ0v) is 20.3. The lowest BCUT2D eigenvalue weighted by atomic mass is 9.55. The lowest BCUT2D eigenvalue weighted by Crippen LogP contribution is -2.68. The lowest BCUT2D eigenvalue weighted by Gasteiger charge is -2.60. The number of likely N-dealkylation sites (tertiary alicyclic amines) is 1. The largest absolute Gasteiger partial charge is 0.508 e. The van der Waals surface area contributed by atoms with Crippen LogP contribution in [-0.2, 0) is 14.9 Å². The Hall–Kier alpha value is -2.57. The molecule has 1 aromatic carbocycles. The first-order chi connectivity index (χ1) is 16.4. The number of amides is 1. The van der Waals surface area contributed by atoms with Gasteiger partial charge in [0.05, 0.1) is 11.9 Å². The molecule has 3 fully saturated rings. The number of phenolic OH excluding ortho intramolecular Hbond substituents is 1. The van der Waals surface area contributed by atoms with E-state index in [0.29, 0.717) is 0 Å². The van der Waals surface area contributed by atoms with E-state index in [-0.39, 0.29) is 28.7 Å². The number of rotatable bonds is 7. The summed E-state index contributed by atoms with van der Waals surface area (Å²) >= 11 is 0. The maximum atomic E-state index is 12.8. The Labute approximate surface area is 202 Å². The summed E-state index contributed by atoms with van der Waals surface area (Å²) in [6.07, 6.45) is 11.2. The number of phenols is 1. The van der Waals surface area contributed by atoms with E-state index >= 15 is 0 Å². The molecule has 0 bridgehead atoms. The number of piperidine rings is 1. The Balaban J connectivity index is 1.39. The van der Waals surface area contributed by atoms with Gasteiger partial charge in [0.2, 0.25) is 5.91 Å². The summed E-state index contributed by atoms with van der Waals surface area (Å²) in [6, 6.07) is 9.57. The molecule has 1 saturated heterocycles. The molecule has 182 valence electrons. The van der Waals surface area contributed by atoms with Crippen molar-refractivity contribution in [3.63, 3.8) is 0 Å². The highest BCUT2D eigenvalue weighted by atomic mass is 16.5. The smallest absolute Gasteiger partial charge is 0.244 e. The van der Waals surface area contributed by atoms with Crippen LogP contribution < -0.4 is 5.32 Å². The third-order valence-electron chi connectivity index (χ3n) is 8.36. The van der Waals surface area contributed by atoms with Gasteiger partial charge in [-0.2, -0.15) is 0 Å². The van der Waals surface area contributed by atoms with E-state index in [2.05, 4.69) is 16.3 Å². The first-order valence-corrected chi connectivity index (χ1v) is 12.5. The summed E-state index contributed by atoms with van der Waals surface area (Å²) in [5.74, 6) is 1.82. The van der Waals surface area contributed by atoms with Gasteiger partial charge in [0.15, 0.2) is 0 Å². The summed E-state index contributed by atoms with van der Waals surface area (Å²) in [7, 11) is 1.84. The molecule has 6 heteroatoms. The summed E-state index contributed by atoms with van der Waals surface area (Å²) in [6.45, 7) is 4.95. The van der Waals surface area contributed by atoms with E-state index in [9.17, 15) is 9.90 Å². The van der Waals surface area contributed by atoms with Crippen LogP contribution in [0.25, 0.3) is 6.08 Å². The number of furan rings is 1. The molecule has 0 unspecified atom stereocenters. The standard InChI is InChI=1S/C28H36N2O4/c1-20-22(11-15-34-20)8-9-26(32)29-24-10-12-28(33-2)19-30(18-21-6-7-21)14-13-27(28,17-24)23-4-3-5-25(31)16-23/h3-5,8-9,11,15-16,21,24,31H,6-7,10,12-14,17-19H2,1-2H3,(H,29,32)/b9-8+/t24-,27+,28+/m1/s1. The molecule has 1 amide bonds. The van der Waals surface area contributed by atoms with Gasteiger partial charge in [-0.15, -0.1) is 0 Å². The fraction of sp³-hybridized carbons (Fsp3) is 0.536. The number of nitrogens with zero attached hydrogens (tertiary/aromatic N) is 1. The molecule has 3 atom stereocenters. The highest BCUT2D eigenvalue weighted by Gasteiger charge is 2.59. The number of fused-ring (bicyclic) bond motifs is 1. The number of hydrogen-bond acceptors (Lipinski definition) is 5. The summed E-state index contributed by atoms with van der Waals surface area (Å²) in [5, 5.41) is 13.6. The lowest BCUT2D eigenvalue weighted by molar-refractivity contribution is -0.150. The van der Waals surface area contributed by atoms with E-state index in [1.807, 2.05) is 32.2 Å². The molecule has 2 aromatic rings. The van der Waals surface area contributed by atoms with E-state index in [0.717, 1.165) is 68.1 Å². The summed E-state index contributed by atoms with van der Waals surface area (Å²) in [4.78, 5) is 15.4. The van der Waals surface area contributed by atoms with Crippen molar-refractivity contribution in [2.24, 2.45) is 5.92 Å². The first-order valence-electron chi connectivity index (χ1n) is 12.5. The number of benzene rings is 1. The van der Waals surface area contributed by atoms with E-state index in [1.54, 1.807) is 24.5 Å². The van der Waals surface area contributed by atoms with Crippen molar-refractivity contribution in [2.45, 2.75) is 62.5 Å². The minimum atomic E-state index is -0.334. The molecular formula is C28H36N2O4. The highest BCUT2D eigenvalue weighted by Crippen LogP contribution is 2.54. The van der Waals surface area contributed by atoms with Crippen molar-refractivity contribution in [1.29, 1.82) is 0 Å². The predicted molar refractivity (Wildman–Crippen MR) is 132 cm³/mol. The number of hydrogen-bond donors (Lipinski definition) is 2. The molecule has 6 nitrogen and oxygen atoms in total. The third-order valence-corrected chi connectivity index (χ3v) is 8.36. The van der Waals surface area contributed by atoms with Gasteiger partial charge in [-0.05, 0) is 87.7 Å². The number of nitrogens with one attached hydrogen (secondary N) is 1. The second-order valence-corrected chi connectivity index (χ2v) is 10.5. The molecule has 2 saturated carbocycles. The van der Waals surface area contributed by atoms with Gasteiger partial charge in [-0.1, -0.05) is 12.1 Å². The van der Waals surface area contributed by atoms with Crippen LogP contribution in [0.1, 0.15) is 55.4 Å². The Bertz CT molecular complexity index is 1060. The minimum absolute atomic E-state index is 0.0446. The Morgan fingerprint density at radius 2 is 2.15 bits per heavy atom. The van der Waals surface area contributed by atoms with Crippen LogP contribution in [0.15, 0.2) is 47.1 Å². The molecule has 34 heavy (non-hydrogen) atoms. The quantitative estimate of drug-likeness (QED) is 0.594. The Kier molecular flexibility index (Phi) is 6.30. The molecule has 3 aliphatic rings. The monoisotopic (exact) mass is 464 g/mol. The predicted octanol–water partition coefficient (Wildman–Crippen LogP) is 4.41. The van der Waals surface area contributed by atoms with Crippen LogP contribution in [0, 0.1) is 12.8 Å². The normalized spacial score (nSPS) is 29.8. The van der Waals surface area contributed by atoms with Gasteiger partial charge < -0.3 is 24.5 Å². The van der Waals surface area contributed by atoms with Crippen molar-refractivity contribution in [2.75, 3.05) is 26.7 Å². The van der Waals surface area contributed by atoms with Gasteiger partial charge in [-0.3, -0.25) is 4.79 Å². The van der Waals surface area contributed by atoms with Crippen molar-refractivity contribution in [1.82, 2.24) is 10.2 Å². The van der Waals surface area contributed by atoms with Crippen LogP contribution in [0.4, 0.5) is 0 Å². The van der Waals surface area contributed by atoms with Crippen molar-refractivity contribution < 1.29 is 19.1 Å². The number of aromatic hydroxyl groups is 1. The SMILES string of the molecule is CO[C@]12CC[C@@H](NC(=O)/C=C/c3ccoc3C)C[C@]1(c1cccc(O)c1)CCN(CC1CC1)C2. The maximum absolute atomic E-state index is 12.8. The topological polar surface area (TPSA) is 74.9 Å². The summed E-state index contributed by atoms with van der Waals surface area (Å²) < 4.78 is 11.7. The average Bonchev–Trinajstić information content (AvgIpc) is 3.55. The van der Waals surface area contributed by atoms with Gasteiger partial charge in [-0.25, -0.2) is 0 Å². The van der Waals surface area contributed by atoms with Gasteiger partial charge in [0.25, 0.3) is 0 Å². The van der Waals surface area contributed by atoms with Gasteiger partial charge >= 0.3 is 0 Å². The second-order valence-electron chi connectivity index (χ2n) is 10.5. The number of carbonyl (C=O) groups excluding carboxylic acids is 1. The number of aryl methyl sites for hydroxylation is 1. The molecule has 1 aromatic heterocycles. The van der Waals surface area contributed by atoms with E-state index < -0.39 is 0 Å². The maximum Gasteiger partial charge on any atom is 0.244 e. The zero-order chi connectivity index (χ0) is 23.8. The van der Waals surface area contributed by atoms with Crippen molar-refractivity contribution in [3.05, 3.63) is 59.6 Å². The van der Waals surface area contributed by atoms with Crippen LogP contribution >= 0.6 is 0 Å². The Morgan fingerprint density at radius 1 is 1.29 bits per heavy atom. The molecule has 2 aliphatic carbocycles. The molecule has 2 N–H and O–H groups in total. The fourth-order valence-electron chi connectivity index (χ4n) is 6.32. The van der Waals surface area contributed by atoms with E-state index in [4.69, 9.17) is 9.15 Å². The molecule has 0 spiro atoms. The molecule has 0 radical (unpaired) electrons. The first kappa shape index (κ1) is 23.2. The molecule has 1 aliphatic heterocycles.